The van der Waals surface area contributed by atoms with Crippen molar-refractivity contribution in [1.82, 2.24) is 9.78 Å². The van der Waals surface area contributed by atoms with Gasteiger partial charge in [0.1, 0.15) is 6.54 Å². The van der Waals surface area contributed by atoms with Crippen molar-refractivity contribution in [2.75, 3.05) is 11.9 Å². The lowest BCUT2D eigenvalue weighted by atomic mass is 10.2. The number of hydrogen-bond donors (Lipinski definition) is 1. The number of anilines is 1. The summed E-state index contributed by atoms with van der Waals surface area (Å²) in [4.78, 5) is 23.8. The molecular weight excluding hydrogens is 363 g/mol. The molecule has 6 nitrogen and oxygen atoms in total. The van der Waals surface area contributed by atoms with Crippen LogP contribution in [0.15, 0.2) is 30.3 Å². The van der Waals surface area contributed by atoms with Crippen LogP contribution in [0.2, 0.25) is 0 Å². The van der Waals surface area contributed by atoms with E-state index < -0.39 is 23.7 Å². The topological polar surface area (TPSA) is 73.2 Å². The minimum absolute atomic E-state index is 0.0188. The van der Waals surface area contributed by atoms with Gasteiger partial charge in [-0.25, -0.2) is 4.79 Å². The summed E-state index contributed by atoms with van der Waals surface area (Å²) in [6.07, 6.45) is -2.96. The van der Waals surface area contributed by atoms with Crippen LogP contribution < -0.4 is 5.32 Å². The molecule has 0 bridgehead atoms. The molecule has 2 aromatic rings. The molecule has 1 aliphatic carbocycles. The van der Waals surface area contributed by atoms with Crippen LogP contribution in [0.4, 0.5) is 18.9 Å². The highest BCUT2D eigenvalue weighted by Gasteiger charge is 2.38. The number of alkyl halides is 3. The lowest BCUT2D eigenvalue weighted by molar-refractivity contribution is -0.141. The average molecular weight is 381 g/mol. The van der Waals surface area contributed by atoms with Gasteiger partial charge in [0.25, 0.3) is 0 Å². The quantitative estimate of drug-likeness (QED) is 0.776. The molecule has 9 heteroatoms. The van der Waals surface area contributed by atoms with Crippen molar-refractivity contribution in [2.24, 2.45) is 0 Å². The Balaban J connectivity index is 1.67. The lowest BCUT2D eigenvalue weighted by Gasteiger charge is -2.09. The van der Waals surface area contributed by atoms with Gasteiger partial charge >= 0.3 is 12.1 Å². The molecule has 0 saturated heterocycles. The molecule has 1 amide bonds. The predicted octanol–water partition coefficient (Wildman–Crippen LogP) is 3.59. The van der Waals surface area contributed by atoms with Crippen molar-refractivity contribution in [3.63, 3.8) is 0 Å². The second-order valence-electron chi connectivity index (χ2n) is 6.23. The third-order valence-corrected chi connectivity index (χ3v) is 4.07. The zero-order valence-electron chi connectivity index (χ0n) is 14.5. The number of nitrogens with zero attached hydrogens (tertiary/aromatic N) is 2. The Morgan fingerprint density at radius 2 is 1.93 bits per heavy atom. The maximum Gasteiger partial charge on any atom is 0.435 e. The third kappa shape index (κ3) is 4.66. The number of carbonyl (C=O) groups is 2. The normalized spacial score (nSPS) is 14.1. The third-order valence-electron chi connectivity index (χ3n) is 4.07. The van der Waals surface area contributed by atoms with E-state index in [1.807, 2.05) is 0 Å². The molecule has 1 heterocycles. The van der Waals surface area contributed by atoms with Crippen LogP contribution >= 0.6 is 0 Å². The molecule has 1 aromatic carbocycles. The smallest absolute Gasteiger partial charge is 0.435 e. The van der Waals surface area contributed by atoms with E-state index in [0.29, 0.717) is 16.9 Å². The molecule has 1 N–H and O–H groups in total. The first-order chi connectivity index (χ1) is 12.8. The Morgan fingerprint density at radius 3 is 2.48 bits per heavy atom. The van der Waals surface area contributed by atoms with E-state index in [0.717, 1.165) is 23.6 Å². The molecular formula is C18H18F3N3O3. The summed E-state index contributed by atoms with van der Waals surface area (Å²) in [5.41, 5.74) is 0.197. The highest BCUT2D eigenvalue weighted by Crippen LogP contribution is 2.42. The van der Waals surface area contributed by atoms with Crippen LogP contribution in [0.5, 0.6) is 0 Å². The number of esters is 1. The van der Waals surface area contributed by atoms with Gasteiger partial charge in [-0.05, 0) is 50.1 Å². The molecule has 1 saturated carbocycles. The standard InChI is InChI=1S/C18H18F3N3O3/c1-2-27-17(26)12-5-7-13(8-6-12)22-16(25)10-24-14(11-3-4-11)9-15(23-24)18(19,20)21/h5-9,11H,2-4,10H2,1H3,(H,22,25). The van der Waals surface area contributed by atoms with E-state index in [2.05, 4.69) is 10.4 Å². The van der Waals surface area contributed by atoms with Crippen LogP contribution in [-0.4, -0.2) is 28.3 Å². The molecule has 3 rings (SSSR count). The minimum atomic E-state index is -4.55. The van der Waals surface area contributed by atoms with Crippen LogP contribution in [0.1, 0.15) is 47.4 Å². The molecule has 0 aliphatic heterocycles. The van der Waals surface area contributed by atoms with E-state index in [1.165, 1.54) is 24.3 Å². The second kappa shape index (κ2) is 7.42. The molecule has 27 heavy (non-hydrogen) atoms. The number of carbonyl (C=O) groups excluding carboxylic acids is 2. The lowest BCUT2D eigenvalue weighted by Crippen LogP contribution is -2.21. The minimum Gasteiger partial charge on any atom is -0.462 e. The molecule has 0 spiro atoms. The Bertz CT molecular complexity index is 840. The number of ether oxygens (including phenoxy) is 1. The number of aromatic nitrogens is 2. The molecule has 1 fully saturated rings. The average Bonchev–Trinajstić information content (AvgIpc) is 3.35. The van der Waals surface area contributed by atoms with Gasteiger partial charge in [-0.1, -0.05) is 0 Å². The molecule has 0 atom stereocenters. The summed E-state index contributed by atoms with van der Waals surface area (Å²) in [5.74, 6) is -0.955. The van der Waals surface area contributed by atoms with Crippen LogP contribution in [0.25, 0.3) is 0 Å². The number of halogens is 3. The van der Waals surface area contributed by atoms with Crippen LogP contribution in [0.3, 0.4) is 0 Å². The maximum absolute atomic E-state index is 12.9. The predicted molar refractivity (Wildman–Crippen MR) is 90.2 cm³/mol. The van der Waals surface area contributed by atoms with Crippen molar-refractivity contribution in [1.29, 1.82) is 0 Å². The molecule has 144 valence electrons. The molecule has 1 aromatic heterocycles. The van der Waals surface area contributed by atoms with Gasteiger partial charge in [0.05, 0.1) is 12.2 Å². The van der Waals surface area contributed by atoms with E-state index in [1.54, 1.807) is 6.92 Å². The molecule has 1 aliphatic rings. The Labute approximate surface area is 153 Å². The monoisotopic (exact) mass is 381 g/mol. The molecule has 0 radical (unpaired) electrons. The first-order valence-electron chi connectivity index (χ1n) is 8.50. The number of benzene rings is 1. The summed E-state index contributed by atoms with van der Waals surface area (Å²) in [6.45, 7) is 1.63. The Morgan fingerprint density at radius 1 is 1.26 bits per heavy atom. The zero-order chi connectivity index (χ0) is 19.6. The summed E-state index contributed by atoms with van der Waals surface area (Å²) >= 11 is 0. The van der Waals surface area contributed by atoms with Crippen molar-refractivity contribution in [2.45, 2.75) is 38.4 Å². The zero-order valence-corrected chi connectivity index (χ0v) is 14.5. The SMILES string of the molecule is CCOC(=O)c1ccc(NC(=O)Cn2nc(C(F)(F)F)cc2C2CC2)cc1. The van der Waals surface area contributed by atoms with Gasteiger partial charge in [0, 0.05) is 17.3 Å². The van der Waals surface area contributed by atoms with Crippen molar-refractivity contribution in [3.8, 4) is 0 Å². The van der Waals surface area contributed by atoms with Crippen molar-refractivity contribution < 1.29 is 27.5 Å². The van der Waals surface area contributed by atoms with E-state index >= 15 is 0 Å². The van der Waals surface area contributed by atoms with Gasteiger partial charge in [-0.15, -0.1) is 0 Å². The van der Waals surface area contributed by atoms with E-state index in [-0.39, 0.29) is 19.1 Å². The number of hydrogen-bond acceptors (Lipinski definition) is 4. The fourth-order valence-corrected chi connectivity index (χ4v) is 2.64. The Hall–Kier alpha value is -2.84. The largest absolute Gasteiger partial charge is 0.462 e. The van der Waals surface area contributed by atoms with Gasteiger partial charge in [0.2, 0.25) is 5.91 Å². The first-order valence-corrected chi connectivity index (χ1v) is 8.50. The highest BCUT2D eigenvalue weighted by atomic mass is 19.4. The highest BCUT2D eigenvalue weighted by molar-refractivity contribution is 5.93. The number of rotatable bonds is 6. The van der Waals surface area contributed by atoms with Crippen molar-refractivity contribution >= 4 is 17.6 Å². The van der Waals surface area contributed by atoms with Crippen LogP contribution in [-0.2, 0) is 22.3 Å². The fourth-order valence-electron chi connectivity index (χ4n) is 2.64. The van der Waals surface area contributed by atoms with Crippen molar-refractivity contribution in [3.05, 3.63) is 47.3 Å². The van der Waals surface area contributed by atoms with Gasteiger partial charge in [-0.2, -0.15) is 18.3 Å². The fraction of sp³-hybridized carbons (Fsp3) is 0.389. The van der Waals surface area contributed by atoms with Gasteiger partial charge in [0.15, 0.2) is 5.69 Å². The van der Waals surface area contributed by atoms with Gasteiger partial charge < -0.3 is 10.1 Å². The maximum atomic E-state index is 12.9. The van der Waals surface area contributed by atoms with Crippen LogP contribution in [0, 0.1) is 0 Å². The van der Waals surface area contributed by atoms with E-state index in [9.17, 15) is 22.8 Å². The van der Waals surface area contributed by atoms with E-state index in [4.69, 9.17) is 4.74 Å². The summed E-state index contributed by atoms with van der Waals surface area (Å²) in [7, 11) is 0. The summed E-state index contributed by atoms with van der Waals surface area (Å²) < 4.78 is 44.7. The number of nitrogens with one attached hydrogen (secondary N) is 1. The summed E-state index contributed by atoms with van der Waals surface area (Å²) in [6, 6.07) is 7.06. The molecule has 0 unspecified atom stereocenters. The second-order valence-corrected chi connectivity index (χ2v) is 6.23. The Kier molecular flexibility index (Phi) is 5.20. The number of amides is 1. The van der Waals surface area contributed by atoms with Gasteiger partial charge in [-0.3, -0.25) is 9.48 Å². The first kappa shape index (κ1) is 18.9. The summed E-state index contributed by atoms with van der Waals surface area (Å²) in [5, 5.41) is 6.14.